The zero-order chi connectivity index (χ0) is 13.8. The first-order valence-electron chi connectivity index (χ1n) is 6.16. The Bertz CT molecular complexity index is 609. The predicted molar refractivity (Wildman–Crippen MR) is 78.9 cm³/mol. The summed E-state index contributed by atoms with van der Waals surface area (Å²) in [6.45, 7) is 2.77. The molecule has 19 heavy (non-hydrogen) atoms. The molecule has 3 nitrogen and oxygen atoms in total. The minimum atomic E-state index is 0.727. The van der Waals surface area contributed by atoms with E-state index in [1.54, 1.807) is 0 Å². The number of rotatable bonds is 3. The molecule has 0 heterocycles. The van der Waals surface area contributed by atoms with Crippen molar-refractivity contribution >= 4 is 11.4 Å². The van der Waals surface area contributed by atoms with Crippen LogP contribution in [0.4, 0.5) is 11.4 Å². The van der Waals surface area contributed by atoms with Gasteiger partial charge in [-0.2, -0.15) is 5.26 Å². The molecule has 0 unspecified atom stereocenters. The Balaban J connectivity index is 2.16. The lowest BCUT2D eigenvalue weighted by atomic mass is 10.1. The lowest BCUT2D eigenvalue weighted by Gasteiger charge is -2.20. The monoisotopic (exact) mass is 251 g/mol. The van der Waals surface area contributed by atoms with Crippen molar-refractivity contribution in [2.24, 2.45) is 0 Å². The molecule has 3 heteroatoms. The molecule has 2 aromatic carbocycles. The Morgan fingerprint density at radius 3 is 2.42 bits per heavy atom. The third-order valence-corrected chi connectivity index (χ3v) is 3.17. The van der Waals surface area contributed by atoms with Crippen LogP contribution in [0.1, 0.15) is 16.7 Å². The first-order valence-corrected chi connectivity index (χ1v) is 6.16. The smallest absolute Gasteiger partial charge is 0.0994 e. The minimum absolute atomic E-state index is 0.727. The highest BCUT2D eigenvalue weighted by Gasteiger charge is 2.04. The van der Waals surface area contributed by atoms with E-state index in [-0.39, 0.29) is 0 Å². The van der Waals surface area contributed by atoms with Gasteiger partial charge in [-0.05, 0) is 48.4 Å². The van der Waals surface area contributed by atoms with E-state index in [2.05, 4.69) is 11.0 Å². The van der Waals surface area contributed by atoms with Crippen LogP contribution < -0.4 is 10.6 Å². The van der Waals surface area contributed by atoms with Crippen LogP contribution in [0, 0.1) is 18.3 Å². The van der Waals surface area contributed by atoms with Crippen LogP contribution >= 0.6 is 0 Å². The van der Waals surface area contributed by atoms with Crippen LogP contribution in [0.3, 0.4) is 0 Å². The van der Waals surface area contributed by atoms with Gasteiger partial charge < -0.3 is 10.6 Å². The fourth-order valence-electron chi connectivity index (χ4n) is 2.00. The Kier molecular flexibility index (Phi) is 3.72. The number of nitrogens with zero attached hydrogens (tertiary/aromatic N) is 2. The number of benzene rings is 2. The van der Waals surface area contributed by atoms with E-state index >= 15 is 0 Å². The molecule has 2 aromatic rings. The van der Waals surface area contributed by atoms with Crippen molar-refractivity contribution in [2.45, 2.75) is 13.5 Å². The van der Waals surface area contributed by atoms with Gasteiger partial charge in [-0.3, -0.25) is 0 Å². The lowest BCUT2D eigenvalue weighted by molar-refractivity contribution is 0.922. The molecule has 96 valence electrons. The average molecular weight is 251 g/mol. The summed E-state index contributed by atoms with van der Waals surface area (Å²) in [5, 5.41) is 8.93. The zero-order valence-corrected chi connectivity index (χ0v) is 11.2. The molecule has 0 aromatic heterocycles. The number of hydrogen-bond donors (Lipinski definition) is 1. The third kappa shape index (κ3) is 3.05. The van der Waals surface area contributed by atoms with E-state index in [0.29, 0.717) is 0 Å². The Hall–Kier alpha value is -2.47. The quantitative estimate of drug-likeness (QED) is 0.853. The highest BCUT2D eigenvalue weighted by atomic mass is 15.1. The van der Waals surface area contributed by atoms with Gasteiger partial charge in [-0.1, -0.05) is 12.1 Å². The molecule has 0 saturated heterocycles. The maximum atomic E-state index is 8.93. The van der Waals surface area contributed by atoms with Crippen molar-refractivity contribution in [3.63, 3.8) is 0 Å². The van der Waals surface area contributed by atoms with Crippen LogP contribution in [0.2, 0.25) is 0 Å². The number of nitrogen functional groups attached to an aromatic ring is 1. The summed E-state index contributed by atoms with van der Waals surface area (Å²) in [5.41, 5.74) is 10.5. The standard InChI is InChI=1S/C16H17N3/c1-12-9-16(8-5-14(12)10-17)19(2)11-13-3-6-15(18)7-4-13/h3-9H,11,18H2,1-2H3. The van der Waals surface area contributed by atoms with Crippen LogP contribution in [0.15, 0.2) is 42.5 Å². The van der Waals surface area contributed by atoms with Crippen molar-refractivity contribution in [1.29, 1.82) is 5.26 Å². The maximum absolute atomic E-state index is 8.93. The number of hydrogen-bond acceptors (Lipinski definition) is 3. The topological polar surface area (TPSA) is 53.0 Å². The lowest BCUT2D eigenvalue weighted by Crippen LogP contribution is -2.16. The second-order valence-corrected chi connectivity index (χ2v) is 4.71. The highest BCUT2D eigenvalue weighted by molar-refractivity contribution is 5.53. The number of anilines is 2. The summed E-state index contributed by atoms with van der Waals surface area (Å²) in [7, 11) is 2.04. The van der Waals surface area contributed by atoms with Crippen LogP contribution in [-0.2, 0) is 6.54 Å². The van der Waals surface area contributed by atoms with Gasteiger partial charge in [-0.15, -0.1) is 0 Å². The van der Waals surface area contributed by atoms with Crippen LogP contribution in [0.25, 0.3) is 0 Å². The second kappa shape index (κ2) is 5.45. The summed E-state index contributed by atoms with van der Waals surface area (Å²) < 4.78 is 0. The van der Waals surface area contributed by atoms with Crippen molar-refractivity contribution in [2.75, 3.05) is 17.7 Å². The highest BCUT2D eigenvalue weighted by Crippen LogP contribution is 2.19. The second-order valence-electron chi connectivity index (χ2n) is 4.71. The SMILES string of the molecule is Cc1cc(N(C)Cc2ccc(N)cc2)ccc1C#N. The van der Waals surface area contributed by atoms with Gasteiger partial charge in [-0.25, -0.2) is 0 Å². The predicted octanol–water partition coefficient (Wildman–Crippen LogP) is 3.09. The van der Waals surface area contributed by atoms with Gasteiger partial charge in [0, 0.05) is 25.0 Å². The van der Waals surface area contributed by atoms with Crippen molar-refractivity contribution in [3.05, 3.63) is 59.2 Å². The number of nitriles is 1. The van der Waals surface area contributed by atoms with Crippen molar-refractivity contribution in [3.8, 4) is 6.07 Å². The van der Waals surface area contributed by atoms with E-state index in [1.807, 2.05) is 56.4 Å². The summed E-state index contributed by atoms with van der Waals surface area (Å²) in [6, 6.07) is 15.9. The molecule has 0 aliphatic heterocycles. The molecule has 2 N–H and O–H groups in total. The van der Waals surface area contributed by atoms with Crippen LogP contribution in [-0.4, -0.2) is 7.05 Å². The Morgan fingerprint density at radius 1 is 1.16 bits per heavy atom. The van der Waals surface area contributed by atoms with E-state index < -0.39 is 0 Å². The van der Waals surface area contributed by atoms with E-state index in [0.717, 1.165) is 29.0 Å². The van der Waals surface area contributed by atoms with Gasteiger partial charge in [0.1, 0.15) is 0 Å². The van der Waals surface area contributed by atoms with E-state index in [1.165, 1.54) is 5.56 Å². The first kappa shape index (κ1) is 13.0. The third-order valence-electron chi connectivity index (χ3n) is 3.17. The molecule has 0 atom stereocenters. The zero-order valence-electron chi connectivity index (χ0n) is 11.2. The first-order chi connectivity index (χ1) is 9.10. The molecule has 0 aliphatic rings. The molecule has 0 spiro atoms. The molecular weight excluding hydrogens is 234 g/mol. The van der Waals surface area contributed by atoms with Gasteiger partial charge in [0.25, 0.3) is 0 Å². The Morgan fingerprint density at radius 2 is 1.84 bits per heavy atom. The molecule has 0 amide bonds. The average Bonchev–Trinajstić information content (AvgIpc) is 2.41. The summed E-state index contributed by atoms with van der Waals surface area (Å²) in [5.74, 6) is 0. The van der Waals surface area contributed by atoms with Crippen molar-refractivity contribution < 1.29 is 0 Å². The van der Waals surface area contributed by atoms with Crippen LogP contribution in [0.5, 0.6) is 0 Å². The van der Waals surface area contributed by atoms with Crippen molar-refractivity contribution in [1.82, 2.24) is 0 Å². The number of aryl methyl sites for hydroxylation is 1. The normalized spacial score (nSPS) is 9.95. The number of nitrogens with two attached hydrogens (primary N) is 1. The molecule has 0 bridgehead atoms. The molecule has 0 aliphatic carbocycles. The van der Waals surface area contributed by atoms with Gasteiger partial charge in [0.2, 0.25) is 0 Å². The molecule has 2 rings (SSSR count). The molecule has 0 fully saturated rings. The fourth-order valence-corrected chi connectivity index (χ4v) is 2.00. The molecule has 0 saturated carbocycles. The van der Waals surface area contributed by atoms with Gasteiger partial charge >= 0.3 is 0 Å². The van der Waals surface area contributed by atoms with Gasteiger partial charge in [0.05, 0.1) is 11.6 Å². The maximum Gasteiger partial charge on any atom is 0.0994 e. The largest absolute Gasteiger partial charge is 0.399 e. The molecule has 0 radical (unpaired) electrons. The summed E-state index contributed by atoms with van der Waals surface area (Å²) >= 11 is 0. The minimum Gasteiger partial charge on any atom is -0.399 e. The summed E-state index contributed by atoms with van der Waals surface area (Å²) in [6.07, 6.45) is 0. The fraction of sp³-hybridized carbons (Fsp3) is 0.188. The van der Waals surface area contributed by atoms with E-state index in [9.17, 15) is 0 Å². The van der Waals surface area contributed by atoms with E-state index in [4.69, 9.17) is 11.0 Å². The molecular formula is C16H17N3. The summed E-state index contributed by atoms with van der Waals surface area (Å²) in [4.78, 5) is 2.15. The Labute approximate surface area is 113 Å². The van der Waals surface area contributed by atoms with Gasteiger partial charge in [0.15, 0.2) is 0 Å².